The maximum absolute atomic E-state index is 13.3. The van der Waals surface area contributed by atoms with E-state index in [1.54, 1.807) is 0 Å². The van der Waals surface area contributed by atoms with Gasteiger partial charge in [-0.2, -0.15) is 5.26 Å². The first kappa shape index (κ1) is 24.6. The summed E-state index contributed by atoms with van der Waals surface area (Å²) in [5.74, 6) is 0.128. The Labute approximate surface area is 218 Å². The highest BCUT2D eigenvalue weighted by molar-refractivity contribution is 5.78. The van der Waals surface area contributed by atoms with Crippen LogP contribution in [0.25, 0.3) is 0 Å². The monoisotopic (exact) mass is 492 g/mol. The number of piperidine rings is 1. The van der Waals surface area contributed by atoms with E-state index in [-0.39, 0.29) is 11.8 Å². The van der Waals surface area contributed by atoms with Crippen LogP contribution in [0.3, 0.4) is 0 Å². The van der Waals surface area contributed by atoms with Crippen molar-refractivity contribution in [2.45, 2.75) is 31.4 Å². The van der Waals surface area contributed by atoms with Crippen molar-refractivity contribution in [2.24, 2.45) is 5.92 Å². The summed E-state index contributed by atoms with van der Waals surface area (Å²) in [6.07, 6.45) is 3.74. The van der Waals surface area contributed by atoms with Crippen molar-refractivity contribution in [2.75, 3.05) is 19.8 Å². The Hall–Kier alpha value is -4.08. The molecule has 0 aliphatic carbocycles. The molecule has 2 aliphatic rings. The summed E-state index contributed by atoms with van der Waals surface area (Å²) < 4.78 is 0. The van der Waals surface area contributed by atoms with Gasteiger partial charge in [-0.1, -0.05) is 72.8 Å². The van der Waals surface area contributed by atoms with Gasteiger partial charge in [0.25, 0.3) is 0 Å². The second-order valence-electron chi connectivity index (χ2n) is 9.83. The lowest BCUT2D eigenvalue weighted by Gasteiger charge is -2.42. The van der Waals surface area contributed by atoms with Crippen LogP contribution < -0.4 is 5.32 Å². The number of benzene rings is 3. The van der Waals surface area contributed by atoms with Crippen LogP contribution in [0, 0.1) is 17.2 Å². The van der Waals surface area contributed by atoms with Crippen LogP contribution in [0.4, 0.5) is 0 Å². The van der Waals surface area contributed by atoms with E-state index in [0.717, 1.165) is 35.2 Å². The largest absolute Gasteiger partial charge is 0.380 e. The number of nitrogens with zero attached hydrogens (tertiary/aromatic N) is 3. The zero-order chi connectivity index (χ0) is 25.7. The zero-order valence-corrected chi connectivity index (χ0v) is 20.9. The predicted molar refractivity (Wildman–Crippen MR) is 143 cm³/mol. The van der Waals surface area contributed by atoms with Gasteiger partial charge >= 0.3 is 0 Å². The van der Waals surface area contributed by atoms with Gasteiger partial charge in [0.1, 0.15) is 5.60 Å². The molecular formula is C31H32N4O2. The number of hydrogen-bond acceptors (Lipinski definition) is 5. The first-order valence-electron chi connectivity index (χ1n) is 12.9. The second-order valence-corrected chi connectivity index (χ2v) is 9.83. The summed E-state index contributed by atoms with van der Waals surface area (Å²) >= 11 is 0. The van der Waals surface area contributed by atoms with Crippen LogP contribution in [-0.2, 0) is 16.9 Å². The van der Waals surface area contributed by atoms with Gasteiger partial charge in [0.15, 0.2) is 0 Å². The summed E-state index contributed by atoms with van der Waals surface area (Å²) in [6, 6.07) is 29.5. The summed E-state index contributed by atoms with van der Waals surface area (Å²) in [6.45, 7) is 2.59. The minimum atomic E-state index is -1.09. The molecule has 3 aromatic carbocycles. The SMILES string of the molecule is N#Cc1ccc(CN2CNC=C2CC(=O)N2CCC(C(O)(c3ccccc3)c3ccccc3)CC2)cc1. The molecule has 188 valence electrons. The van der Waals surface area contributed by atoms with E-state index in [1.165, 1.54) is 0 Å². The first-order valence-corrected chi connectivity index (χ1v) is 12.9. The molecule has 1 fully saturated rings. The number of nitrogens with one attached hydrogen (secondary N) is 1. The molecule has 0 radical (unpaired) electrons. The van der Waals surface area contributed by atoms with E-state index >= 15 is 0 Å². The van der Waals surface area contributed by atoms with Gasteiger partial charge in [0.05, 0.1) is 24.7 Å². The van der Waals surface area contributed by atoms with Crippen LogP contribution in [0.5, 0.6) is 0 Å². The summed E-state index contributed by atoms with van der Waals surface area (Å²) in [7, 11) is 0. The molecule has 6 nitrogen and oxygen atoms in total. The highest BCUT2D eigenvalue weighted by atomic mass is 16.3. The van der Waals surface area contributed by atoms with Crippen LogP contribution in [-0.4, -0.2) is 40.6 Å². The Balaban J connectivity index is 1.23. The standard InChI is InChI=1S/C31H32N4O2/c32-20-24-11-13-25(14-12-24)22-35-23-33-21-29(35)19-30(36)34-17-15-28(16-18-34)31(37,26-7-3-1-4-8-26)27-9-5-2-6-10-27/h1-14,21,28,33,37H,15-19,22-23H2. The van der Waals surface area contributed by atoms with Gasteiger partial charge in [-0.05, 0) is 47.6 Å². The van der Waals surface area contributed by atoms with Crippen molar-refractivity contribution in [3.63, 3.8) is 0 Å². The van der Waals surface area contributed by atoms with Crippen molar-refractivity contribution in [1.29, 1.82) is 5.26 Å². The van der Waals surface area contributed by atoms with E-state index in [2.05, 4.69) is 16.3 Å². The predicted octanol–water partition coefficient (Wildman–Crippen LogP) is 4.33. The van der Waals surface area contributed by atoms with Crippen molar-refractivity contribution >= 4 is 5.91 Å². The van der Waals surface area contributed by atoms with Crippen LogP contribution in [0.2, 0.25) is 0 Å². The maximum atomic E-state index is 13.3. The van der Waals surface area contributed by atoms with E-state index in [4.69, 9.17) is 5.26 Å². The van der Waals surface area contributed by atoms with Gasteiger partial charge in [0, 0.05) is 31.5 Å². The lowest BCUT2D eigenvalue weighted by molar-refractivity contribution is -0.133. The quantitative estimate of drug-likeness (QED) is 0.513. The maximum Gasteiger partial charge on any atom is 0.228 e. The fourth-order valence-electron chi connectivity index (χ4n) is 5.53. The fourth-order valence-corrected chi connectivity index (χ4v) is 5.53. The van der Waals surface area contributed by atoms with Gasteiger partial charge in [-0.3, -0.25) is 4.79 Å². The number of nitriles is 1. The molecule has 3 aromatic rings. The highest BCUT2D eigenvalue weighted by Gasteiger charge is 2.42. The number of carbonyl (C=O) groups is 1. The van der Waals surface area contributed by atoms with Gasteiger partial charge < -0.3 is 20.2 Å². The molecule has 0 saturated carbocycles. The van der Waals surface area contributed by atoms with E-state index in [0.29, 0.717) is 38.3 Å². The topological polar surface area (TPSA) is 79.6 Å². The summed E-state index contributed by atoms with van der Waals surface area (Å²) in [5.41, 5.74) is 3.42. The lowest BCUT2D eigenvalue weighted by atomic mass is 9.72. The normalized spacial score (nSPS) is 16.2. The van der Waals surface area contributed by atoms with Crippen LogP contribution >= 0.6 is 0 Å². The Kier molecular flexibility index (Phi) is 7.25. The average molecular weight is 493 g/mol. The summed E-state index contributed by atoms with van der Waals surface area (Å²) in [4.78, 5) is 17.4. The van der Waals surface area contributed by atoms with Crippen molar-refractivity contribution in [3.8, 4) is 6.07 Å². The molecule has 37 heavy (non-hydrogen) atoms. The number of hydrogen-bond donors (Lipinski definition) is 2. The highest BCUT2D eigenvalue weighted by Crippen LogP contribution is 2.42. The minimum absolute atomic E-state index is 0.0154. The van der Waals surface area contributed by atoms with E-state index in [9.17, 15) is 9.90 Å². The first-order chi connectivity index (χ1) is 18.1. The Morgan fingerprint density at radius 3 is 2.11 bits per heavy atom. The molecule has 0 aromatic heterocycles. The molecule has 0 bridgehead atoms. The Morgan fingerprint density at radius 2 is 1.54 bits per heavy atom. The molecule has 2 heterocycles. The summed E-state index contributed by atoms with van der Waals surface area (Å²) in [5, 5.41) is 24.4. The third kappa shape index (κ3) is 5.23. The molecule has 1 amide bonds. The molecule has 5 rings (SSSR count). The van der Waals surface area contributed by atoms with Crippen molar-refractivity contribution in [1.82, 2.24) is 15.1 Å². The fraction of sp³-hybridized carbons (Fsp3) is 0.290. The van der Waals surface area contributed by atoms with Crippen molar-refractivity contribution < 1.29 is 9.90 Å². The second kappa shape index (κ2) is 10.9. The Morgan fingerprint density at radius 1 is 0.946 bits per heavy atom. The molecule has 2 aliphatic heterocycles. The molecule has 2 N–H and O–H groups in total. The third-order valence-electron chi connectivity index (χ3n) is 7.61. The van der Waals surface area contributed by atoms with Crippen molar-refractivity contribution in [3.05, 3.63) is 119 Å². The van der Waals surface area contributed by atoms with Gasteiger partial charge in [-0.25, -0.2) is 0 Å². The minimum Gasteiger partial charge on any atom is -0.380 e. The zero-order valence-electron chi connectivity index (χ0n) is 20.9. The van der Waals surface area contributed by atoms with Gasteiger partial charge in [0.2, 0.25) is 5.91 Å². The molecule has 0 spiro atoms. The Bertz CT molecular complexity index is 1230. The van der Waals surface area contributed by atoms with E-state index in [1.807, 2.05) is 96.0 Å². The number of likely N-dealkylation sites (tertiary alicyclic amines) is 1. The third-order valence-corrected chi connectivity index (χ3v) is 7.61. The number of carbonyl (C=O) groups excluding carboxylic acids is 1. The van der Waals surface area contributed by atoms with E-state index < -0.39 is 5.60 Å². The van der Waals surface area contributed by atoms with Crippen LogP contribution in [0.1, 0.15) is 41.5 Å². The molecular weight excluding hydrogens is 460 g/mol. The number of rotatable bonds is 7. The van der Waals surface area contributed by atoms with Crippen LogP contribution in [0.15, 0.2) is 96.8 Å². The number of amides is 1. The molecule has 0 unspecified atom stereocenters. The average Bonchev–Trinajstić information content (AvgIpc) is 3.40. The molecule has 1 saturated heterocycles. The van der Waals surface area contributed by atoms with Gasteiger partial charge in [-0.15, -0.1) is 0 Å². The molecule has 6 heteroatoms. The molecule has 0 atom stereocenters. The lowest BCUT2D eigenvalue weighted by Crippen LogP contribution is -2.46. The number of aliphatic hydroxyl groups is 1. The smallest absolute Gasteiger partial charge is 0.228 e.